The molecular weight excluding hydrogens is 316 g/mol. The summed E-state index contributed by atoms with van der Waals surface area (Å²) in [5, 5.41) is 17.9. The van der Waals surface area contributed by atoms with Gasteiger partial charge in [0.2, 0.25) is 11.8 Å². The minimum Gasteiger partial charge on any atom is -0.389 e. The topological polar surface area (TPSA) is 78.4 Å². The van der Waals surface area contributed by atoms with Gasteiger partial charge in [0, 0.05) is 11.1 Å². The molecule has 0 bridgehead atoms. The molecule has 1 aliphatic carbocycles. The predicted molar refractivity (Wildman–Crippen MR) is 98.2 cm³/mol. The minimum atomic E-state index is -0.908. The number of carbonyl (C=O) groups excluding carboxylic acids is 2. The van der Waals surface area contributed by atoms with E-state index < -0.39 is 5.60 Å². The van der Waals surface area contributed by atoms with Gasteiger partial charge in [-0.05, 0) is 24.3 Å². The largest absolute Gasteiger partial charge is 0.389 e. The molecule has 0 atom stereocenters. The fourth-order valence-corrected chi connectivity index (χ4v) is 3.46. The Morgan fingerprint density at radius 2 is 1.68 bits per heavy atom. The number of amides is 2. The van der Waals surface area contributed by atoms with Crippen molar-refractivity contribution < 1.29 is 14.7 Å². The normalized spacial score (nSPS) is 16.4. The number of anilines is 1. The highest BCUT2D eigenvalue weighted by Crippen LogP contribution is 2.30. The second-order valence-electron chi connectivity index (χ2n) is 6.81. The lowest BCUT2D eigenvalue weighted by atomic mass is 9.82. The standard InChI is InChI=1S/C20H24N2O3/c23-18(13-20(25)11-4-1-5-12-20)21-14-19(24)22-17-10-6-8-15-7-2-3-9-16(15)17/h2-3,6-10,25H,1,4-5,11-14H2,(H,21,23)(H,22,24). The number of benzene rings is 2. The maximum Gasteiger partial charge on any atom is 0.243 e. The van der Waals surface area contributed by atoms with Gasteiger partial charge in [0.25, 0.3) is 0 Å². The first kappa shape index (κ1) is 17.4. The molecule has 2 amide bonds. The van der Waals surface area contributed by atoms with Gasteiger partial charge in [-0.1, -0.05) is 55.7 Å². The van der Waals surface area contributed by atoms with Crippen LogP contribution in [0.15, 0.2) is 42.5 Å². The highest BCUT2D eigenvalue weighted by atomic mass is 16.3. The molecule has 5 nitrogen and oxygen atoms in total. The van der Waals surface area contributed by atoms with E-state index in [9.17, 15) is 14.7 Å². The van der Waals surface area contributed by atoms with Crippen LogP contribution in [0.3, 0.4) is 0 Å². The number of hydrogen-bond donors (Lipinski definition) is 3. The summed E-state index contributed by atoms with van der Waals surface area (Å²) in [6, 6.07) is 13.5. The molecule has 5 heteroatoms. The molecule has 0 saturated heterocycles. The molecule has 1 fully saturated rings. The number of hydrogen-bond acceptors (Lipinski definition) is 3. The van der Waals surface area contributed by atoms with Crippen LogP contribution in [-0.2, 0) is 9.59 Å². The second-order valence-corrected chi connectivity index (χ2v) is 6.81. The highest BCUT2D eigenvalue weighted by molar-refractivity contribution is 6.03. The first-order valence-electron chi connectivity index (χ1n) is 8.82. The van der Waals surface area contributed by atoms with Gasteiger partial charge in [0.05, 0.1) is 18.6 Å². The first-order chi connectivity index (χ1) is 12.1. The number of rotatable bonds is 5. The lowest BCUT2D eigenvalue weighted by molar-refractivity contribution is -0.129. The van der Waals surface area contributed by atoms with Gasteiger partial charge >= 0.3 is 0 Å². The van der Waals surface area contributed by atoms with Crippen LogP contribution in [-0.4, -0.2) is 29.1 Å². The van der Waals surface area contributed by atoms with Gasteiger partial charge in [-0.15, -0.1) is 0 Å². The van der Waals surface area contributed by atoms with Crippen molar-refractivity contribution in [1.82, 2.24) is 5.32 Å². The summed E-state index contributed by atoms with van der Waals surface area (Å²) in [5.74, 6) is -0.558. The lowest BCUT2D eigenvalue weighted by Crippen LogP contribution is -2.40. The Labute approximate surface area is 147 Å². The highest BCUT2D eigenvalue weighted by Gasteiger charge is 2.31. The molecule has 0 heterocycles. The van der Waals surface area contributed by atoms with Crippen LogP contribution in [0.2, 0.25) is 0 Å². The minimum absolute atomic E-state index is 0.0640. The average Bonchev–Trinajstić information content (AvgIpc) is 2.61. The third-order valence-corrected chi connectivity index (χ3v) is 4.78. The van der Waals surface area contributed by atoms with E-state index in [0.717, 1.165) is 35.7 Å². The molecule has 132 valence electrons. The van der Waals surface area contributed by atoms with E-state index >= 15 is 0 Å². The summed E-state index contributed by atoms with van der Waals surface area (Å²) in [5.41, 5.74) is -0.183. The van der Waals surface area contributed by atoms with Crippen LogP contribution in [0.4, 0.5) is 5.69 Å². The molecule has 25 heavy (non-hydrogen) atoms. The predicted octanol–water partition coefficient (Wildman–Crippen LogP) is 2.98. The molecule has 1 saturated carbocycles. The van der Waals surface area contributed by atoms with Crippen molar-refractivity contribution in [3.8, 4) is 0 Å². The van der Waals surface area contributed by atoms with Crippen molar-refractivity contribution in [3.05, 3.63) is 42.5 Å². The zero-order valence-electron chi connectivity index (χ0n) is 14.3. The van der Waals surface area contributed by atoms with Gasteiger partial charge in [-0.2, -0.15) is 0 Å². The Balaban J connectivity index is 1.53. The Kier molecular flexibility index (Phi) is 5.34. The number of carbonyl (C=O) groups is 2. The molecule has 0 aromatic heterocycles. The van der Waals surface area contributed by atoms with Crippen molar-refractivity contribution in [2.24, 2.45) is 0 Å². The van der Waals surface area contributed by atoms with E-state index in [1.807, 2.05) is 42.5 Å². The molecule has 0 aliphatic heterocycles. The van der Waals surface area contributed by atoms with Gasteiger partial charge in [0.1, 0.15) is 0 Å². The van der Waals surface area contributed by atoms with Crippen molar-refractivity contribution in [2.75, 3.05) is 11.9 Å². The third kappa shape index (κ3) is 4.57. The molecule has 2 aromatic rings. The summed E-state index contributed by atoms with van der Waals surface area (Å²) in [4.78, 5) is 24.2. The molecule has 2 aromatic carbocycles. The number of nitrogens with one attached hydrogen (secondary N) is 2. The molecule has 0 spiro atoms. The number of aliphatic hydroxyl groups is 1. The summed E-state index contributed by atoms with van der Waals surface area (Å²) >= 11 is 0. The van der Waals surface area contributed by atoms with Crippen molar-refractivity contribution in [1.29, 1.82) is 0 Å². The van der Waals surface area contributed by atoms with Gasteiger partial charge in [-0.3, -0.25) is 9.59 Å². The Morgan fingerprint density at radius 1 is 0.960 bits per heavy atom. The van der Waals surface area contributed by atoms with E-state index in [1.54, 1.807) is 0 Å². The van der Waals surface area contributed by atoms with E-state index in [1.165, 1.54) is 0 Å². The van der Waals surface area contributed by atoms with E-state index in [2.05, 4.69) is 10.6 Å². The van der Waals surface area contributed by atoms with Crippen LogP contribution < -0.4 is 10.6 Å². The van der Waals surface area contributed by atoms with Gasteiger partial charge in [0.15, 0.2) is 0 Å². The van der Waals surface area contributed by atoms with Crippen LogP contribution in [0.25, 0.3) is 10.8 Å². The fraction of sp³-hybridized carbons (Fsp3) is 0.400. The van der Waals surface area contributed by atoms with Gasteiger partial charge < -0.3 is 15.7 Å². The van der Waals surface area contributed by atoms with Crippen molar-refractivity contribution >= 4 is 28.3 Å². The van der Waals surface area contributed by atoms with Crippen molar-refractivity contribution in [3.63, 3.8) is 0 Å². The second kappa shape index (κ2) is 7.66. The summed E-state index contributed by atoms with van der Waals surface area (Å²) in [6.45, 7) is -0.0991. The maximum absolute atomic E-state index is 12.1. The average molecular weight is 340 g/mol. The molecular formula is C20H24N2O3. The van der Waals surface area contributed by atoms with E-state index in [-0.39, 0.29) is 24.8 Å². The van der Waals surface area contributed by atoms with Crippen molar-refractivity contribution in [2.45, 2.75) is 44.1 Å². The zero-order valence-corrected chi connectivity index (χ0v) is 14.3. The monoisotopic (exact) mass is 340 g/mol. The Morgan fingerprint density at radius 3 is 2.48 bits per heavy atom. The summed E-state index contributed by atoms with van der Waals surface area (Å²) in [7, 11) is 0. The first-order valence-corrected chi connectivity index (χ1v) is 8.82. The zero-order chi connectivity index (χ0) is 17.7. The molecule has 0 radical (unpaired) electrons. The van der Waals surface area contributed by atoms with E-state index in [4.69, 9.17) is 0 Å². The smallest absolute Gasteiger partial charge is 0.243 e. The Hall–Kier alpha value is -2.40. The summed E-state index contributed by atoms with van der Waals surface area (Å²) in [6.07, 6.45) is 4.38. The third-order valence-electron chi connectivity index (χ3n) is 4.78. The van der Waals surface area contributed by atoms with Crippen LogP contribution in [0, 0.1) is 0 Å². The molecule has 3 N–H and O–H groups in total. The SMILES string of the molecule is O=C(CC1(O)CCCCC1)NCC(=O)Nc1cccc2ccccc12. The van der Waals surface area contributed by atoms with Crippen LogP contribution in [0.1, 0.15) is 38.5 Å². The molecule has 1 aliphatic rings. The van der Waals surface area contributed by atoms with Crippen LogP contribution >= 0.6 is 0 Å². The number of fused-ring (bicyclic) bond motifs is 1. The summed E-state index contributed by atoms with van der Waals surface area (Å²) < 4.78 is 0. The molecule has 3 rings (SSSR count). The van der Waals surface area contributed by atoms with Crippen LogP contribution in [0.5, 0.6) is 0 Å². The molecule has 0 unspecified atom stereocenters. The fourth-order valence-electron chi connectivity index (χ4n) is 3.46. The maximum atomic E-state index is 12.1. The quantitative estimate of drug-likeness (QED) is 0.783. The Bertz CT molecular complexity index is 761. The lowest BCUT2D eigenvalue weighted by Gasteiger charge is -2.31. The van der Waals surface area contributed by atoms with Gasteiger partial charge in [-0.25, -0.2) is 0 Å². The van der Waals surface area contributed by atoms with E-state index in [0.29, 0.717) is 12.8 Å².